The molecule has 0 bridgehead atoms. The Morgan fingerprint density at radius 2 is 2.11 bits per heavy atom. The van der Waals surface area contributed by atoms with Gasteiger partial charge in [0.2, 0.25) is 0 Å². The van der Waals surface area contributed by atoms with E-state index >= 15 is 0 Å². The minimum Gasteiger partial charge on any atom is -0.354 e. The van der Waals surface area contributed by atoms with E-state index in [2.05, 4.69) is 25.3 Å². The molecule has 0 aromatic carbocycles. The van der Waals surface area contributed by atoms with E-state index in [-0.39, 0.29) is 0 Å². The van der Waals surface area contributed by atoms with Crippen molar-refractivity contribution in [1.82, 2.24) is 25.0 Å². The van der Waals surface area contributed by atoms with Crippen molar-refractivity contribution in [2.24, 2.45) is 7.05 Å². The third-order valence-electron chi connectivity index (χ3n) is 3.64. The zero-order valence-electron chi connectivity index (χ0n) is 11.3. The molecule has 0 saturated carbocycles. The molecule has 1 unspecified atom stereocenters. The van der Waals surface area contributed by atoms with E-state index in [4.69, 9.17) is 0 Å². The van der Waals surface area contributed by atoms with Crippen molar-refractivity contribution in [3.05, 3.63) is 30.0 Å². The van der Waals surface area contributed by atoms with Crippen molar-refractivity contribution in [3.8, 4) is 0 Å². The van der Waals surface area contributed by atoms with Gasteiger partial charge in [-0.15, -0.1) is 15.3 Å². The average molecular weight is 258 g/mol. The summed E-state index contributed by atoms with van der Waals surface area (Å²) in [6.07, 6.45) is 4.06. The maximum absolute atomic E-state index is 4.27. The van der Waals surface area contributed by atoms with E-state index in [1.54, 1.807) is 6.33 Å². The van der Waals surface area contributed by atoms with E-state index in [1.165, 1.54) is 0 Å². The summed E-state index contributed by atoms with van der Waals surface area (Å²) < 4.78 is 2.01. The predicted molar refractivity (Wildman–Crippen MR) is 72.0 cm³/mol. The molecule has 19 heavy (non-hydrogen) atoms. The number of aryl methyl sites for hydroxylation is 2. The summed E-state index contributed by atoms with van der Waals surface area (Å²) in [6, 6.07) is 4.05. The Morgan fingerprint density at radius 3 is 2.79 bits per heavy atom. The molecule has 0 amide bonds. The molecular formula is C13H18N6. The lowest BCUT2D eigenvalue weighted by molar-refractivity contribution is 0.476. The van der Waals surface area contributed by atoms with Gasteiger partial charge in [0.25, 0.3) is 0 Å². The van der Waals surface area contributed by atoms with Crippen LogP contribution in [0.4, 0.5) is 5.82 Å². The monoisotopic (exact) mass is 258 g/mol. The van der Waals surface area contributed by atoms with Gasteiger partial charge >= 0.3 is 0 Å². The average Bonchev–Trinajstić information content (AvgIpc) is 2.86. The van der Waals surface area contributed by atoms with Crippen LogP contribution >= 0.6 is 0 Å². The number of rotatable bonds is 2. The van der Waals surface area contributed by atoms with E-state index in [1.807, 2.05) is 30.7 Å². The van der Waals surface area contributed by atoms with Crippen LogP contribution in [0.15, 0.2) is 18.5 Å². The van der Waals surface area contributed by atoms with Crippen molar-refractivity contribution in [2.45, 2.75) is 25.7 Å². The maximum atomic E-state index is 4.27. The van der Waals surface area contributed by atoms with Gasteiger partial charge in [-0.05, 0) is 31.9 Å². The molecule has 0 radical (unpaired) electrons. The molecule has 0 spiro atoms. The number of anilines is 1. The van der Waals surface area contributed by atoms with Crippen LogP contribution in [0, 0.1) is 6.92 Å². The first-order valence-electron chi connectivity index (χ1n) is 6.63. The van der Waals surface area contributed by atoms with E-state index in [9.17, 15) is 0 Å². The van der Waals surface area contributed by atoms with Gasteiger partial charge in [-0.25, -0.2) is 0 Å². The van der Waals surface area contributed by atoms with Gasteiger partial charge in [-0.3, -0.25) is 0 Å². The van der Waals surface area contributed by atoms with Crippen LogP contribution in [0.5, 0.6) is 0 Å². The van der Waals surface area contributed by atoms with Gasteiger partial charge < -0.3 is 9.47 Å². The summed E-state index contributed by atoms with van der Waals surface area (Å²) in [5, 5.41) is 16.6. The Bertz CT molecular complexity index is 547. The number of hydrogen-bond donors (Lipinski definition) is 0. The highest BCUT2D eigenvalue weighted by Gasteiger charge is 2.25. The Balaban J connectivity index is 1.78. The number of hydrogen-bond acceptors (Lipinski definition) is 5. The highest BCUT2D eigenvalue weighted by atomic mass is 15.3. The lowest BCUT2D eigenvalue weighted by atomic mass is 9.97. The third-order valence-corrected chi connectivity index (χ3v) is 3.64. The Morgan fingerprint density at radius 1 is 1.21 bits per heavy atom. The molecule has 1 saturated heterocycles. The third kappa shape index (κ3) is 2.43. The first-order valence-corrected chi connectivity index (χ1v) is 6.63. The first-order chi connectivity index (χ1) is 9.24. The summed E-state index contributed by atoms with van der Waals surface area (Å²) in [6.45, 7) is 3.92. The summed E-state index contributed by atoms with van der Waals surface area (Å²) in [4.78, 5) is 2.29. The molecule has 6 heteroatoms. The molecular weight excluding hydrogens is 240 g/mol. The van der Waals surface area contributed by atoms with Crippen LogP contribution in [0.25, 0.3) is 0 Å². The zero-order chi connectivity index (χ0) is 13.2. The molecule has 0 N–H and O–H groups in total. The fourth-order valence-electron chi connectivity index (χ4n) is 2.62. The molecule has 1 aliphatic heterocycles. The molecule has 2 aromatic rings. The van der Waals surface area contributed by atoms with Crippen LogP contribution in [0.3, 0.4) is 0 Å². The fraction of sp³-hybridized carbons (Fsp3) is 0.538. The van der Waals surface area contributed by atoms with Crippen LogP contribution in [0.2, 0.25) is 0 Å². The van der Waals surface area contributed by atoms with Gasteiger partial charge in [0, 0.05) is 26.1 Å². The number of piperidine rings is 1. The largest absolute Gasteiger partial charge is 0.354 e. The van der Waals surface area contributed by atoms with Crippen molar-refractivity contribution >= 4 is 5.82 Å². The smallest absolute Gasteiger partial charge is 0.151 e. The van der Waals surface area contributed by atoms with Crippen LogP contribution in [-0.4, -0.2) is 38.1 Å². The molecule has 1 atom stereocenters. The van der Waals surface area contributed by atoms with Crippen molar-refractivity contribution in [2.75, 3.05) is 18.0 Å². The molecule has 100 valence electrons. The topological polar surface area (TPSA) is 59.7 Å². The fourth-order valence-corrected chi connectivity index (χ4v) is 2.62. The van der Waals surface area contributed by atoms with Gasteiger partial charge in [0.15, 0.2) is 5.82 Å². The summed E-state index contributed by atoms with van der Waals surface area (Å²) in [7, 11) is 2.00. The molecule has 3 rings (SSSR count). The van der Waals surface area contributed by atoms with Gasteiger partial charge in [-0.2, -0.15) is 5.10 Å². The second-order valence-electron chi connectivity index (χ2n) is 5.12. The van der Waals surface area contributed by atoms with E-state index in [0.717, 1.165) is 43.3 Å². The maximum Gasteiger partial charge on any atom is 0.151 e. The van der Waals surface area contributed by atoms with Crippen molar-refractivity contribution in [3.63, 3.8) is 0 Å². The normalized spacial score (nSPS) is 19.7. The molecule has 2 aromatic heterocycles. The molecule has 1 aliphatic rings. The number of nitrogens with zero attached hydrogens (tertiary/aromatic N) is 6. The van der Waals surface area contributed by atoms with Gasteiger partial charge in [-0.1, -0.05) is 0 Å². The Labute approximate surface area is 112 Å². The Hall–Kier alpha value is -1.98. The van der Waals surface area contributed by atoms with Gasteiger partial charge in [0.1, 0.15) is 12.2 Å². The highest BCUT2D eigenvalue weighted by Crippen LogP contribution is 2.27. The van der Waals surface area contributed by atoms with Crippen molar-refractivity contribution in [1.29, 1.82) is 0 Å². The molecule has 0 aliphatic carbocycles. The summed E-state index contributed by atoms with van der Waals surface area (Å²) in [5.74, 6) is 2.44. The number of aromatic nitrogens is 5. The Kier molecular flexibility index (Phi) is 3.15. The van der Waals surface area contributed by atoms with Crippen molar-refractivity contribution < 1.29 is 0 Å². The second-order valence-corrected chi connectivity index (χ2v) is 5.12. The van der Waals surface area contributed by atoms with E-state index < -0.39 is 0 Å². The second kappa shape index (κ2) is 4.95. The first kappa shape index (κ1) is 12.1. The molecule has 1 fully saturated rings. The molecule has 3 heterocycles. The summed E-state index contributed by atoms with van der Waals surface area (Å²) in [5.41, 5.74) is 0.950. The zero-order valence-corrected chi connectivity index (χ0v) is 11.3. The standard InChI is InChI=1S/C13H18N6/c1-10-5-6-12(16-15-10)19-7-3-4-11(8-19)13-17-14-9-18(13)2/h5-6,9,11H,3-4,7-8H2,1-2H3. The quantitative estimate of drug-likeness (QED) is 0.812. The highest BCUT2D eigenvalue weighted by molar-refractivity contribution is 5.38. The SMILES string of the molecule is Cc1ccc(N2CCCC(c3nncn3C)C2)nn1. The minimum atomic E-state index is 0.421. The van der Waals surface area contributed by atoms with Gasteiger partial charge in [0.05, 0.1) is 5.69 Å². The van der Waals surface area contributed by atoms with Crippen LogP contribution in [0.1, 0.15) is 30.3 Å². The lowest BCUT2D eigenvalue weighted by Crippen LogP contribution is -2.36. The van der Waals surface area contributed by atoms with Crippen LogP contribution < -0.4 is 4.90 Å². The summed E-state index contributed by atoms with van der Waals surface area (Å²) >= 11 is 0. The van der Waals surface area contributed by atoms with Crippen LogP contribution in [-0.2, 0) is 7.05 Å². The minimum absolute atomic E-state index is 0.421. The molecule has 6 nitrogen and oxygen atoms in total. The van der Waals surface area contributed by atoms with E-state index in [0.29, 0.717) is 5.92 Å². The lowest BCUT2D eigenvalue weighted by Gasteiger charge is -2.32. The predicted octanol–water partition coefficient (Wildman–Crippen LogP) is 1.30.